The zero-order valence-corrected chi connectivity index (χ0v) is 14.5. The van der Waals surface area contributed by atoms with Gasteiger partial charge in [-0.05, 0) is 42.5 Å². The van der Waals surface area contributed by atoms with Crippen LogP contribution in [0.4, 0.5) is 30.6 Å². The highest BCUT2D eigenvalue weighted by Gasteiger charge is 2.29. The summed E-state index contributed by atoms with van der Waals surface area (Å²) >= 11 is 0. The summed E-state index contributed by atoms with van der Waals surface area (Å²) in [4.78, 5) is 17.8. The Labute approximate surface area is 159 Å². The summed E-state index contributed by atoms with van der Waals surface area (Å²) in [5, 5.41) is 6.63. The number of amides is 2. The van der Waals surface area contributed by atoms with Crippen molar-refractivity contribution < 1.29 is 18.4 Å². The van der Waals surface area contributed by atoms with Crippen molar-refractivity contribution in [3.05, 3.63) is 83.9 Å². The maximum absolute atomic E-state index is 13.2. The van der Waals surface area contributed by atoms with E-state index in [1.165, 1.54) is 6.07 Å². The number of halogens is 2. The first kappa shape index (κ1) is 17.7. The van der Waals surface area contributed by atoms with Gasteiger partial charge in [-0.15, -0.1) is 0 Å². The number of fused-ring (bicyclic) bond motifs is 1. The minimum atomic E-state index is -1.04. The first-order valence-electron chi connectivity index (χ1n) is 8.46. The fourth-order valence-electron chi connectivity index (χ4n) is 2.87. The van der Waals surface area contributed by atoms with Crippen LogP contribution in [0.15, 0.2) is 66.7 Å². The van der Waals surface area contributed by atoms with Gasteiger partial charge in [-0.3, -0.25) is 0 Å². The molecular formula is C20H16F2N4O2. The lowest BCUT2D eigenvalue weighted by Gasteiger charge is -2.21. The van der Waals surface area contributed by atoms with E-state index in [0.29, 0.717) is 11.4 Å². The predicted molar refractivity (Wildman–Crippen MR) is 102 cm³/mol. The van der Waals surface area contributed by atoms with Crippen molar-refractivity contribution in [1.29, 1.82) is 0 Å². The van der Waals surface area contributed by atoms with Gasteiger partial charge in [0.2, 0.25) is 0 Å². The maximum atomic E-state index is 13.2. The second-order valence-electron chi connectivity index (χ2n) is 6.15. The lowest BCUT2D eigenvalue weighted by Crippen LogP contribution is -2.31. The normalized spacial score (nSPS) is 15.0. The lowest BCUT2D eigenvalue weighted by molar-refractivity contribution is 0.262. The molecule has 0 aliphatic carbocycles. The largest absolute Gasteiger partial charge is 0.377 e. The molecule has 142 valence electrons. The van der Waals surface area contributed by atoms with Crippen LogP contribution in [0.1, 0.15) is 11.7 Å². The number of carbonyl (C=O) groups is 1. The Morgan fingerprint density at radius 2 is 1.61 bits per heavy atom. The number of benzene rings is 3. The first-order valence-corrected chi connectivity index (χ1v) is 8.46. The summed E-state index contributed by atoms with van der Waals surface area (Å²) in [5.41, 5.74) is 8.47. The number of anilines is 3. The van der Waals surface area contributed by atoms with Crippen LogP contribution in [-0.4, -0.2) is 6.03 Å². The molecule has 1 heterocycles. The van der Waals surface area contributed by atoms with Gasteiger partial charge in [0, 0.05) is 23.0 Å². The summed E-state index contributed by atoms with van der Waals surface area (Å²) in [6, 6.07) is 16.9. The predicted octanol–water partition coefficient (Wildman–Crippen LogP) is 4.38. The third-order valence-corrected chi connectivity index (χ3v) is 4.24. The van der Waals surface area contributed by atoms with Crippen LogP contribution in [0.3, 0.4) is 0 Å². The van der Waals surface area contributed by atoms with E-state index in [1.54, 1.807) is 29.3 Å². The quantitative estimate of drug-likeness (QED) is 0.628. The van der Waals surface area contributed by atoms with Crippen molar-refractivity contribution in [2.75, 3.05) is 15.7 Å². The summed E-state index contributed by atoms with van der Waals surface area (Å²) in [7, 11) is 0. The number of carbonyl (C=O) groups excluding carboxylic acids is 1. The van der Waals surface area contributed by atoms with Crippen molar-refractivity contribution in [3.63, 3.8) is 0 Å². The van der Waals surface area contributed by atoms with Crippen LogP contribution in [-0.2, 0) is 0 Å². The summed E-state index contributed by atoms with van der Waals surface area (Å²) < 4.78 is 26.1. The topological polar surface area (TPSA) is 79.6 Å². The average molecular weight is 382 g/mol. The molecule has 2 amide bonds. The molecule has 28 heavy (non-hydrogen) atoms. The van der Waals surface area contributed by atoms with E-state index in [-0.39, 0.29) is 5.69 Å². The third-order valence-electron chi connectivity index (χ3n) is 4.24. The SMILES string of the molecule is NC1c2ccccc2ON1c1ccc(NC(=O)Nc2ccc(F)c(F)c2)cc1. The molecule has 4 rings (SSSR count). The van der Waals surface area contributed by atoms with Crippen LogP contribution in [0.2, 0.25) is 0 Å². The van der Waals surface area contributed by atoms with Gasteiger partial charge in [0.15, 0.2) is 17.4 Å². The second kappa shape index (κ2) is 7.16. The van der Waals surface area contributed by atoms with E-state index < -0.39 is 23.8 Å². The molecular weight excluding hydrogens is 366 g/mol. The van der Waals surface area contributed by atoms with Gasteiger partial charge >= 0.3 is 6.03 Å². The molecule has 0 radical (unpaired) electrons. The number of hydrogen-bond donors (Lipinski definition) is 3. The number of nitrogens with two attached hydrogens (primary N) is 1. The highest BCUT2D eigenvalue weighted by molar-refractivity contribution is 5.99. The Morgan fingerprint density at radius 1 is 0.929 bits per heavy atom. The fraction of sp³-hybridized carbons (Fsp3) is 0.0500. The Bertz CT molecular complexity index is 1030. The standard InChI is InChI=1S/C20H16F2N4O2/c21-16-10-7-13(11-17(16)22)25-20(27)24-12-5-8-14(9-6-12)26-19(23)15-3-1-2-4-18(15)28-26/h1-11,19H,23H2,(H2,24,25,27). The molecule has 0 aromatic heterocycles. The van der Waals surface area contributed by atoms with E-state index >= 15 is 0 Å². The molecule has 1 atom stereocenters. The molecule has 1 aliphatic rings. The molecule has 8 heteroatoms. The second-order valence-corrected chi connectivity index (χ2v) is 6.15. The zero-order chi connectivity index (χ0) is 19.7. The molecule has 4 N–H and O–H groups in total. The number of rotatable bonds is 3. The molecule has 1 aliphatic heterocycles. The van der Waals surface area contributed by atoms with Gasteiger partial charge in [0.1, 0.15) is 6.17 Å². The van der Waals surface area contributed by atoms with Crippen LogP contribution < -0.4 is 26.3 Å². The molecule has 3 aromatic carbocycles. The third kappa shape index (κ3) is 3.45. The van der Waals surface area contributed by atoms with E-state index in [4.69, 9.17) is 10.6 Å². The molecule has 6 nitrogen and oxygen atoms in total. The summed E-state index contributed by atoms with van der Waals surface area (Å²) in [5.74, 6) is -1.32. The smallest absolute Gasteiger partial charge is 0.323 e. The Hall–Kier alpha value is -3.65. The van der Waals surface area contributed by atoms with Crippen LogP contribution in [0, 0.1) is 11.6 Å². The fourth-order valence-corrected chi connectivity index (χ4v) is 2.87. The highest BCUT2D eigenvalue weighted by atomic mass is 19.2. The van der Waals surface area contributed by atoms with Gasteiger partial charge < -0.3 is 21.2 Å². The average Bonchev–Trinajstić information content (AvgIpc) is 3.02. The van der Waals surface area contributed by atoms with Crippen LogP contribution in [0.5, 0.6) is 5.75 Å². The molecule has 0 spiro atoms. The minimum Gasteiger partial charge on any atom is -0.377 e. The van der Waals surface area contributed by atoms with Crippen molar-refractivity contribution in [3.8, 4) is 5.75 Å². The van der Waals surface area contributed by atoms with Crippen molar-refractivity contribution in [1.82, 2.24) is 0 Å². The van der Waals surface area contributed by atoms with Crippen LogP contribution >= 0.6 is 0 Å². The van der Waals surface area contributed by atoms with Gasteiger partial charge in [0.05, 0.1) is 5.69 Å². The minimum absolute atomic E-state index is 0.141. The molecule has 0 saturated heterocycles. The number of nitrogens with one attached hydrogen (secondary N) is 2. The van der Waals surface area contributed by atoms with Gasteiger partial charge in [-0.25, -0.2) is 13.6 Å². The highest BCUT2D eigenvalue weighted by Crippen LogP contribution is 2.37. The summed E-state index contributed by atoms with van der Waals surface area (Å²) in [6.07, 6.45) is -0.438. The Kier molecular flexibility index (Phi) is 4.54. The van der Waals surface area contributed by atoms with Gasteiger partial charge in [-0.2, -0.15) is 5.06 Å². The number of hydrogen-bond acceptors (Lipinski definition) is 4. The molecule has 1 unspecified atom stereocenters. The zero-order valence-electron chi connectivity index (χ0n) is 14.5. The summed E-state index contributed by atoms with van der Waals surface area (Å²) in [6.45, 7) is 0. The molecule has 0 bridgehead atoms. The Balaban J connectivity index is 1.41. The molecule has 0 fully saturated rings. The number of hydroxylamine groups is 1. The van der Waals surface area contributed by atoms with E-state index in [0.717, 1.165) is 23.4 Å². The molecule has 0 saturated carbocycles. The van der Waals surface area contributed by atoms with Crippen LogP contribution in [0.25, 0.3) is 0 Å². The lowest BCUT2D eigenvalue weighted by atomic mass is 10.1. The van der Waals surface area contributed by atoms with Crippen molar-refractivity contribution >= 4 is 23.1 Å². The van der Waals surface area contributed by atoms with E-state index in [1.807, 2.05) is 24.3 Å². The number of nitrogens with zero attached hydrogens (tertiary/aromatic N) is 1. The Morgan fingerprint density at radius 3 is 2.32 bits per heavy atom. The monoisotopic (exact) mass is 382 g/mol. The van der Waals surface area contributed by atoms with E-state index in [9.17, 15) is 13.6 Å². The molecule has 3 aromatic rings. The maximum Gasteiger partial charge on any atom is 0.323 e. The number of para-hydroxylation sites is 1. The van der Waals surface area contributed by atoms with E-state index in [2.05, 4.69) is 10.6 Å². The first-order chi connectivity index (χ1) is 13.5. The number of urea groups is 1. The van der Waals surface area contributed by atoms with Crippen molar-refractivity contribution in [2.45, 2.75) is 6.17 Å². The van der Waals surface area contributed by atoms with Gasteiger partial charge in [0.25, 0.3) is 0 Å². The van der Waals surface area contributed by atoms with Gasteiger partial charge in [-0.1, -0.05) is 18.2 Å². The van der Waals surface area contributed by atoms with Crippen molar-refractivity contribution in [2.24, 2.45) is 5.73 Å².